The minimum atomic E-state index is -0.575. The third-order valence-corrected chi connectivity index (χ3v) is 3.45. The first kappa shape index (κ1) is 19.8. The van der Waals surface area contributed by atoms with Crippen molar-refractivity contribution in [1.29, 1.82) is 0 Å². The zero-order chi connectivity index (χ0) is 19.8. The second-order valence-corrected chi connectivity index (χ2v) is 5.30. The van der Waals surface area contributed by atoms with Crippen molar-refractivity contribution in [3.63, 3.8) is 0 Å². The van der Waals surface area contributed by atoms with E-state index in [1.165, 1.54) is 40.5 Å². The van der Waals surface area contributed by atoms with Crippen LogP contribution in [0.5, 0.6) is 23.0 Å². The predicted molar refractivity (Wildman–Crippen MR) is 98.9 cm³/mol. The maximum Gasteiger partial charge on any atom is 0.343 e. The summed E-state index contributed by atoms with van der Waals surface area (Å²) in [7, 11) is 4.45. The topological polar surface area (TPSA) is 95.5 Å². The monoisotopic (exact) mass is 372 g/mol. The number of carbonyl (C=O) groups is 2. The van der Waals surface area contributed by atoms with Crippen molar-refractivity contribution < 1.29 is 28.5 Å². The SMILES string of the molecule is COc1ccc(C(=O)Oc2ccc(/C=N\NC(C)=O)cc2OC)cc1OC. The molecule has 0 atom stereocenters. The summed E-state index contributed by atoms with van der Waals surface area (Å²) in [5, 5.41) is 3.78. The van der Waals surface area contributed by atoms with E-state index in [2.05, 4.69) is 10.5 Å². The Morgan fingerprint density at radius 2 is 1.52 bits per heavy atom. The molecule has 1 amide bonds. The molecule has 2 aromatic carbocycles. The number of benzene rings is 2. The molecule has 0 saturated carbocycles. The van der Waals surface area contributed by atoms with E-state index in [-0.39, 0.29) is 11.7 Å². The predicted octanol–water partition coefficient (Wildman–Crippen LogP) is 2.40. The van der Waals surface area contributed by atoms with Crippen LogP contribution in [0.15, 0.2) is 41.5 Å². The standard InChI is InChI=1S/C19H20N2O6/c1-12(22)21-20-11-13-5-7-16(17(9-13)25-3)27-19(23)14-6-8-15(24-2)18(10-14)26-4/h5-11H,1-4H3,(H,21,22)/b20-11-. The van der Waals surface area contributed by atoms with Crippen LogP contribution < -0.4 is 24.4 Å². The number of amides is 1. The highest BCUT2D eigenvalue weighted by Gasteiger charge is 2.15. The minimum absolute atomic E-state index is 0.244. The number of nitrogens with one attached hydrogen (secondary N) is 1. The zero-order valence-corrected chi connectivity index (χ0v) is 15.4. The lowest BCUT2D eigenvalue weighted by Crippen LogP contribution is -2.12. The van der Waals surface area contributed by atoms with E-state index in [9.17, 15) is 9.59 Å². The quantitative estimate of drug-likeness (QED) is 0.347. The fraction of sp³-hybridized carbons (Fsp3) is 0.211. The third kappa shape index (κ3) is 5.21. The zero-order valence-electron chi connectivity index (χ0n) is 15.4. The molecule has 142 valence electrons. The number of methoxy groups -OCH3 is 3. The van der Waals surface area contributed by atoms with Crippen LogP contribution in [0.2, 0.25) is 0 Å². The molecule has 2 rings (SSSR count). The van der Waals surface area contributed by atoms with Gasteiger partial charge in [-0.2, -0.15) is 5.10 Å². The molecule has 1 N–H and O–H groups in total. The van der Waals surface area contributed by atoms with Gasteiger partial charge in [-0.05, 0) is 42.0 Å². The molecule has 2 aromatic rings. The lowest BCUT2D eigenvalue weighted by atomic mass is 10.2. The van der Waals surface area contributed by atoms with E-state index in [0.29, 0.717) is 28.4 Å². The first-order chi connectivity index (χ1) is 13.0. The number of esters is 1. The van der Waals surface area contributed by atoms with Gasteiger partial charge < -0.3 is 18.9 Å². The largest absolute Gasteiger partial charge is 0.493 e. The molecule has 8 heteroatoms. The van der Waals surface area contributed by atoms with Gasteiger partial charge in [-0.25, -0.2) is 10.2 Å². The summed E-state index contributed by atoms with van der Waals surface area (Å²) < 4.78 is 21.0. The lowest BCUT2D eigenvalue weighted by Gasteiger charge is -2.11. The van der Waals surface area contributed by atoms with Crippen LogP contribution in [0, 0.1) is 0 Å². The Morgan fingerprint density at radius 3 is 2.15 bits per heavy atom. The van der Waals surface area contributed by atoms with Crippen molar-refractivity contribution in [2.24, 2.45) is 5.10 Å². The van der Waals surface area contributed by atoms with Crippen LogP contribution in [-0.2, 0) is 4.79 Å². The molecule has 0 fully saturated rings. The number of hydrogen-bond acceptors (Lipinski definition) is 7. The van der Waals surface area contributed by atoms with Crippen LogP contribution >= 0.6 is 0 Å². The Bertz CT molecular complexity index is 863. The summed E-state index contributed by atoms with van der Waals surface area (Å²) >= 11 is 0. The summed E-state index contributed by atoms with van der Waals surface area (Å²) in [6.45, 7) is 1.36. The Hall–Kier alpha value is -3.55. The van der Waals surface area contributed by atoms with E-state index in [0.717, 1.165) is 0 Å². The van der Waals surface area contributed by atoms with E-state index in [1.807, 2.05) is 0 Å². The van der Waals surface area contributed by atoms with Crippen molar-refractivity contribution in [1.82, 2.24) is 5.43 Å². The van der Waals surface area contributed by atoms with Gasteiger partial charge in [0.05, 0.1) is 33.1 Å². The maximum absolute atomic E-state index is 12.4. The second kappa shape index (κ2) is 9.23. The normalized spacial score (nSPS) is 10.4. The Labute approximate surface area is 156 Å². The van der Waals surface area contributed by atoms with Gasteiger partial charge in [-0.1, -0.05) is 0 Å². The summed E-state index contributed by atoms with van der Waals surface area (Å²) in [5.41, 5.74) is 3.26. The molecular formula is C19H20N2O6. The molecule has 0 aliphatic rings. The summed E-state index contributed by atoms with van der Waals surface area (Å²) in [5.74, 6) is 0.662. The molecule has 0 saturated heterocycles. The van der Waals surface area contributed by atoms with Gasteiger partial charge in [0.25, 0.3) is 0 Å². The van der Waals surface area contributed by atoms with E-state index in [1.54, 1.807) is 30.3 Å². The fourth-order valence-electron chi connectivity index (χ4n) is 2.17. The minimum Gasteiger partial charge on any atom is -0.493 e. The smallest absolute Gasteiger partial charge is 0.343 e. The van der Waals surface area contributed by atoms with Crippen molar-refractivity contribution in [2.45, 2.75) is 6.92 Å². The number of hydrogen-bond donors (Lipinski definition) is 1. The number of rotatable bonds is 7. The molecule has 8 nitrogen and oxygen atoms in total. The molecule has 27 heavy (non-hydrogen) atoms. The summed E-state index contributed by atoms with van der Waals surface area (Å²) in [6.07, 6.45) is 1.45. The fourth-order valence-corrected chi connectivity index (χ4v) is 2.17. The maximum atomic E-state index is 12.4. The average Bonchev–Trinajstić information content (AvgIpc) is 2.67. The van der Waals surface area contributed by atoms with Crippen LogP contribution in [-0.4, -0.2) is 39.4 Å². The number of nitrogens with zero attached hydrogens (tertiary/aromatic N) is 1. The molecule has 0 bridgehead atoms. The number of hydrazone groups is 1. The highest BCUT2D eigenvalue weighted by molar-refractivity contribution is 5.92. The first-order valence-electron chi connectivity index (χ1n) is 7.90. The highest BCUT2D eigenvalue weighted by Crippen LogP contribution is 2.31. The first-order valence-corrected chi connectivity index (χ1v) is 7.90. The Balaban J connectivity index is 2.19. The molecule has 0 aliphatic heterocycles. The van der Waals surface area contributed by atoms with Crippen LogP contribution in [0.3, 0.4) is 0 Å². The van der Waals surface area contributed by atoms with Gasteiger partial charge in [0, 0.05) is 6.92 Å². The second-order valence-electron chi connectivity index (χ2n) is 5.30. The van der Waals surface area contributed by atoms with Crippen LogP contribution in [0.1, 0.15) is 22.8 Å². The van der Waals surface area contributed by atoms with Crippen molar-refractivity contribution in [3.8, 4) is 23.0 Å². The number of ether oxygens (including phenoxy) is 4. The van der Waals surface area contributed by atoms with Gasteiger partial charge >= 0.3 is 5.97 Å². The van der Waals surface area contributed by atoms with E-state index < -0.39 is 5.97 Å². The van der Waals surface area contributed by atoms with Gasteiger partial charge in [0.15, 0.2) is 23.0 Å². The molecule has 0 radical (unpaired) electrons. The molecule has 0 spiro atoms. The summed E-state index contributed by atoms with van der Waals surface area (Å²) in [6, 6.07) is 9.60. The molecule has 0 aromatic heterocycles. The van der Waals surface area contributed by atoms with Gasteiger partial charge in [-0.15, -0.1) is 0 Å². The Morgan fingerprint density at radius 1 is 0.889 bits per heavy atom. The van der Waals surface area contributed by atoms with Gasteiger partial charge in [-0.3, -0.25) is 4.79 Å². The molecular weight excluding hydrogens is 352 g/mol. The molecule has 0 aliphatic carbocycles. The van der Waals surface area contributed by atoms with E-state index in [4.69, 9.17) is 18.9 Å². The third-order valence-electron chi connectivity index (χ3n) is 3.45. The van der Waals surface area contributed by atoms with Crippen molar-refractivity contribution in [2.75, 3.05) is 21.3 Å². The van der Waals surface area contributed by atoms with E-state index >= 15 is 0 Å². The molecule has 0 heterocycles. The average molecular weight is 372 g/mol. The van der Waals surface area contributed by atoms with Crippen molar-refractivity contribution >= 4 is 18.1 Å². The lowest BCUT2D eigenvalue weighted by molar-refractivity contribution is -0.118. The highest BCUT2D eigenvalue weighted by atomic mass is 16.6. The van der Waals surface area contributed by atoms with Crippen molar-refractivity contribution in [3.05, 3.63) is 47.5 Å². The Kier molecular flexibility index (Phi) is 6.76. The number of carbonyl (C=O) groups excluding carboxylic acids is 2. The van der Waals surface area contributed by atoms with Gasteiger partial charge in [0.2, 0.25) is 5.91 Å². The summed E-state index contributed by atoms with van der Waals surface area (Å²) in [4.78, 5) is 23.3. The van der Waals surface area contributed by atoms with Gasteiger partial charge in [0.1, 0.15) is 0 Å². The van der Waals surface area contributed by atoms with Crippen LogP contribution in [0.4, 0.5) is 0 Å². The molecule has 0 unspecified atom stereocenters. The van der Waals surface area contributed by atoms with Crippen LogP contribution in [0.25, 0.3) is 0 Å².